The van der Waals surface area contributed by atoms with Crippen LogP contribution in [0.5, 0.6) is 0 Å². The van der Waals surface area contributed by atoms with Gasteiger partial charge in [0.1, 0.15) is 23.3 Å². The smallest absolute Gasteiger partial charge is 0.253 e. The number of carbonyl (C=O) groups excluding carboxylic acids is 1. The number of rotatable bonds is 7. The molecule has 1 fully saturated rings. The van der Waals surface area contributed by atoms with E-state index in [1.807, 2.05) is 35.7 Å². The summed E-state index contributed by atoms with van der Waals surface area (Å²) in [4.78, 5) is 14.3. The molecule has 1 aliphatic heterocycles. The van der Waals surface area contributed by atoms with E-state index >= 15 is 0 Å². The number of hydrazone groups is 1. The first-order valence-corrected chi connectivity index (χ1v) is 12.2. The molecule has 6 rings (SSSR count). The molecule has 0 N–H and O–H groups in total. The zero-order valence-electron chi connectivity index (χ0n) is 17.0. The van der Waals surface area contributed by atoms with Crippen molar-refractivity contribution >= 4 is 34.7 Å². The number of hydrogen-bond acceptors (Lipinski definition) is 8. The van der Waals surface area contributed by atoms with Gasteiger partial charge in [-0.2, -0.15) is 5.10 Å². The average molecular weight is 466 g/mol. The minimum Gasteiger partial charge on any atom is -0.467 e. The van der Waals surface area contributed by atoms with Crippen LogP contribution in [0.25, 0.3) is 10.7 Å². The summed E-state index contributed by atoms with van der Waals surface area (Å²) in [6.07, 6.45) is 5.98. The van der Waals surface area contributed by atoms with Crippen molar-refractivity contribution in [2.24, 2.45) is 5.10 Å². The second-order valence-electron chi connectivity index (χ2n) is 7.67. The minimum absolute atomic E-state index is 0.110. The predicted octanol–water partition coefficient (Wildman–Crippen LogP) is 5.00. The standard InChI is InChI=1S/C22H19N5O3S2/c28-20(13-32-22-24-23-21(19-6-3-11-31-19)26(22)14-7-8-14)27-16(18-5-2-10-30-18)12-15(25-27)17-4-1-9-29-17/h1-6,9-11,14,16H,7-8,12-13H2. The zero-order valence-corrected chi connectivity index (χ0v) is 18.6. The van der Waals surface area contributed by atoms with Gasteiger partial charge in [-0.3, -0.25) is 9.36 Å². The normalized spacial score (nSPS) is 18.3. The maximum Gasteiger partial charge on any atom is 0.253 e. The van der Waals surface area contributed by atoms with Crippen LogP contribution < -0.4 is 0 Å². The van der Waals surface area contributed by atoms with Crippen molar-refractivity contribution in [3.05, 3.63) is 65.8 Å². The van der Waals surface area contributed by atoms with Crippen LogP contribution >= 0.6 is 23.1 Å². The molecule has 1 unspecified atom stereocenters. The zero-order chi connectivity index (χ0) is 21.5. The van der Waals surface area contributed by atoms with Gasteiger partial charge in [-0.05, 0) is 48.6 Å². The highest BCUT2D eigenvalue weighted by molar-refractivity contribution is 7.99. The van der Waals surface area contributed by atoms with Gasteiger partial charge < -0.3 is 8.83 Å². The van der Waals surface area contributed by atoms with Crippen molar-refractivity contribution in [2.75, 3.05) is 5.75 Å². The number of furan rings is 2. The summed E-state index contributed by atoms with van der Waals surface area (Å²) in [6.45, 7) is 0. The van der Waals surface area contributed by atoms with E-state index in [9.17, 15) is 4.79 Å². The molecule has 10 heteroatoms. The molecule has 0 aromatic carbocycles. The van der Waals surface area contributed by atoms with E-state index in [-0.39, 0.29) is 17.7 Å². The van der Waals surface area contributed by atoms with Gasteiger partial charge in [0.2, 0.25) is 0 Å². The molecule has 1 atom stereocenters. The summed E-state index contributed by atoms with van der Waals surface area (Å²) in [7, 11) is 0. The van der Waals surface area contributed by atoms with Crippen LogP contribution in [0.4, 0.5) is 0 Å². The summed E-state index contributed by atoms with van der Waals surface area (Å²) >= 11 is 3.05. The first kappa shape index (κ1) is 19.6. The molecule has 8 nitrogen and oxygen atoms in total. The lowest BCUT2D eigenvalue weighted by molar-refractivity contribution is -0.130. The highest BCUT2D eigenvalue weighted by atomic mass is 32.2. The van der Waals surface area contributed by atoms with Crippen LogP contribution in [0.1, 0.15) is 42.9 Å². The molecule has 2 aliphatic rings. The van der Waals surface area contributed by atoms with Crippen LogP contribution in [-0.2, 0) is 4.79 Å². The Morgan fingerprint density at radius 2 is 2.00 bits per heavy atom. The fraction of sp³-hybridized carbons (Fsp3) is 0.273. The second kappa shape index (κ2) is 8.10. The van der Waals surface area contributed by atoms with E-state index in [4.69, 9.17) is 8.83 Å². The molecule has 0 spiro atoms. The van der Waals surface area contributed by atoms with E-state index in [1.54, 1.807) is 23.9 Å². The summed E-state index contributed by atoms with van der Waals surface area (Å²) in [5.74, 6) is 2.35. The van der Waals surface area contributed by atoms with Gasteiger partial charge in [0, 0.05) is 12.5 Å². The lowest BCUT2D eigenvalue weighted by Gasteiger charge is -2.19. The molecule has 4 aromatic rings. The van der Waals surface area contributed by atoms with Gasteiger partial charge in [-0.1, -0.05) is 17.8 Å². The Hall–Kier alpha value is -3.11. The fourth-order valence-corrected chi connectivity index (χ4v) is 5.40. The minimum atomic E-state index is -0.291. The molecule has 162 valence electrons. The van der Waals surface area contributed by atoms with Crippen molar-refractivity contribution in [2.45, 2.75) is 36.5 Å². The van der Waals surface area contributed by atoms with Crippen molar-refractivity contribution in [3.8, 4) is 10.7 Å². The topological polar surface area (TPSA) is 89.7 Å². The number of amides is 1. The molecule has 5 heterocycles. The summed E-state index contributed by atoms with van der Waals surface area (Å²) in [6, 6.07) is 11.5. The van der Waals surface area contributed by atoms with Crippen LogP contribution in [0, 0.1) is 0 Å². The summed E-state index contributed by atoms with van der Waals surface area (Å²) < 4.78 is 13.3. The van der Waals surface area contributed by atoms with Crippen molar-refractivity contribution in [1.82, 2.24) is 19.8 Å². The van der Waals surface area contributed by atoms with Gasteiger partial charge in [-0.25, -0.2) is 5.01 Å². The van der Waals surface area contributed by atoms with Crippen LogP contribution in [-0.4, -0.2) is 37.1 Å². The lowest BCUT2D eigenvalue weighted by Crippen LogP contribution is -2.28. The molecule has 1 saturated carbocycles. The number of hydrogen-bond donors (Lipinski definition) is 0. The van der Waals surface area contributed by atoms with Crippen molar-refractivity contribution in [3.63, 3.8) is 0 Å². The first-order chi connectivity index (χ1) is 15.8. The van der Waals surface area contributed by atoms with Gasteiger partial charge in [0.25, 0.3) is 5.91 Å². The Bertz CT molecular complexity index is 1240. The predicted molar refractivity (Wildman–Crippen MR) is 120 cm³/mol. The van der Waals surface area contributed by atoms with Gasteiger partial charge >= 0.3 is 0 Å². The molecule has 4 aromatic heterocycles. The second-order valence-corrected chi connectivity index (χ2v) is 9.56. The van der Waals surface area contributed by atoms with E-state index in [2.05, 4.69) is 25.9 Å². The average Bonchev–Trinajstić information content (AvgIpc) is 3.45. The third kappa shape index (κ3) is 3.59. The maximum atomic E-state index is 13.2. The Labute approximate surface area is 191 Å². The Morgan fingerprint density at radius 3 is 2.72 bits per heavy atom. The Morgan fingerprint density at radius 1 is 1.12 bits per heavy atom. The monoisotopic (exact) mass is 465 g/mol. The van der Waals surface area contributed by atoms with E-state index in [1.165, 1.54) is 16.8 Å². The number of carbonyl (C=O) groups is 1. The first-order valence-electron chi connectivity index (χ1n) is 10.4. The molecular formula is C22H19N5O3S2. The molecular weight excluding hydrogens is 446 g/mol. The van der Waals surface area contributed by atoms with Gasteiger partial charge in [0.15, 0.2) is 11.0 Å². The quantitative estimate of drug-likeness (QED) is 0.357. The van der Waals surface area contributed by atoms with Gasteiger partial charge in [0.05, 0.1) is 23.2 Å². The lowest BCUT2D eigenvalue weighted by atomic mass is 10.1. The highest BCUT2D eigenvalue weighted by Crippen LogP contribution is 2.42. The highest BCUT2D eigenvalue weighted by Gasteiger charge is 2.36. The summed E-state index contributed by atoms with van der Waals surface area (Å²) in [5.41, 5.74) is 0.732. The van der Waals surface area contributed by atoms with Gasteiger partial charge in [-0.15, -0.1) is 21.5 Å². The molecule has 0 radical (unpaired) electrons. The van der Waals surface area contributed by atoms with Crippen LogP contribution in [0.2, 0.25) is 0 Å². The number of thioether (sulfide) groups is 1. The number of thiophene rings is 1. The molecule has 0 bridgehead atoms. The number of aromatic nitrogens is 3. The van der Waals surface area contributed by atoms with E-state index in [0.29, 0.717) is 24.0 Å². The number of nitrogens with zero attached hydrogens (tertiary/aromatic N) is 5. The largest absolute Gasteiger partial charge is 0.467 e. The third-order valence-electron chi connectivity index (χ3n) is 5.49. The van der Waals surface area contributed by atoms with Crippen molar-refractivity contribution < 1.29 is 13.6 Å². The SMILES string of the molecule is O=C(CSc1nnc(-c2cccs2)n1C1CC1)N1N=C(c2ccco2)CC1c1ccco1. The van der Waals surface area contributed by atoms with E-state index < -0.39 is 0 Å². The van der Waals surface area contributed by atoms with E-state index in [0.717, 1.165) is 34.4 Å². The third-order valence-corrected chi connectivity index (χ3v) is 7.28. The molecule has 0 saturated heterocycles. The molecule has 1 aliphatic carbocycles. The van der Waals surface area contributed by atoms with Crippen LogP contribution in [0.3, 0.4) is 0 Å². The summed E-state index contributed by atoms with van der Waals surface area (Å²) in [5, 5.41) is 17.7. The fourth-order valence-electron chi connectivity index (χ4n) is 3.84. The molecule has 1 amide bonds. The Kier molecular flexibility index (Phi) is 4.95. The van der Waals surface area contributed by atoms with Crippen molar-refractivity contribution in [1.29, 1.82) is 0 Å². The Balaban J connectivity index is 1.23. The van der Waals surface area contributed by atoms with Crippen LogP contribution in [0.15, 0.2) is 73.4 Å². The maximum absolute atomic E-state index is 13.2. The molecule has 32 heavy (non-hydrogen) atoms.